The van der Waals surface area contributed by atoms with Crippen molar-refractivity contribution in [3.63, 3.8) is 0 Å². The van der Waals surface area contributed by atoms with E-state index in [-0.39, 0.29) is 5.69 Å². The average Bonchev–Trinajstić information content (AvgIpc) is 3.27. The summed E-state index contributed by atoms with van der Waals surface area (Å²) in [6.07, 6.45) is 7.36. The second-order valence-electron chi connectivity index (χ2n) is 6.92. The topological polar surface area (TPSA) is 72.3 Å². The zero-order valence-electron chi connectivity index (χ0n) is 16.6. The molecule has 152 valence electrons. The number of aromatic nitrogens is 2. The minimum absolute atomic E-state index is 0.260. The van der Waals surface area contributed by atoms with Crippen LogP contribution in [0.5, 0.6) is 0 Å². The molecule has 1 atom stereocenters. The van der Waals surface area contributed by atoms with Crippen molar-refractivity contribution in [2.24, 2.45) is 0 Å². The Morgan fingerprint density at radius 2 is 1.86 bits per heavy atom. The standard InChI is InChI=1S/C23H26N2O3S/c1-28-23(27)19-14-9-13-18(25-19)21-16-24-22(29-21)20(26)15-8-3-2-5-10-17-11-6-4-7-12-17/h4,6-7,9,11-14,16,20,26H,2-3,5,8,10,15H2,1H3. The molecule has 29 heavy (non-hydrogen) atoms. The summed E-state index contributed by atoms with van der Waals surface area (Å²) >= 11 is 1.41. The number of aliphatic hydroxyl groups is 1. The molecule has 3 rings (SSSR count). The smallest absolute Gasteiger partial charge is 0.356 e. The Kier molecular flexibility index (Phi) is 7.90. The summed E-state index contributed by atoms with van der Waals surface area (Å²) in [6.45, 7) is 0. The Morgan fingerprint density at radius 1 is 1.07 bits per heavy atom. The number of esters is 1. The molecule has 1 N–H and O–H groups in total. The monoisotopic (exact) mass is 410 g/mol. The van der Waals surface area contributed by atoms with Crippen LogP contribution in [-0.4, -0.2) is 28.2 Å². The number of nitrogens with zero attached hydrogens (tertiary/aromatic N) is 2. The molecule has 0 saturated carbocycles. The van der Waals surface area contributed by atoms with Gasteiger partial charge in [0.25, 0.3) is 0 Å². The Bertz CT molecular complexity index is 911. The van der Waals surface area contributed by atoms with Gasteiger partial charge in [0.1, 0.15) is 16.8 Å². The molecule has 2 heterocycles. The molecule has 3 aromatic rings. The maximum atomic E-state index is 11.6. The van der Waals surface area contributed by atoms with Gasteiger partial charge < -0.3 is 9.84 Å². The summed E-state index contributed by atoms with van der Waals surface area (Å²) < 4.78 is 4.71. The average molecular weight is 411 g/mol. The first-order chi connectivity index (χ1) is 14.2. The van der Waals surface area contributed by atoms with Crippen molar-refractivity contribution < 1.29 is 14.6 Å². The van der Waals surface area contributed by atoms with Crippen molar-refractivity contribution in [3.05, 3.63) is 71.0 Å². The number of hydrogen-bond donors (Lipinski definition) is 1. The van der Waals surface area contributed by atoms with E-state index < -0.39 is 12.1 Å². The third kappa shape index (κ3) is 6.21. The van der Waals surface area contributed by atoms with Crippen molar-refractivity contribution in [2.45, 2.75) is 44.6 Å². The number of aryl methyl sites for hydroxylation is 1. The maximum absolute atomic E-state index is 11.6. The van der Waals surface area contributed by atoms with Crippen LogP contribution in [0, 0.1) is 0 Å². The summed E-state index contributed by atoms with van der Waals surface area (Å²) in [5.41, 5.74) is 2.30. The van der Waals surface area contributed by atoms with Crippen LogP contribution in [0.3, 0.4) is 0 Å². The molecule has 1 aromatic carbocycles. The summed E-state index contributed by atoms with van der Waals surface area (Å²) in [6, 6.07) is 15.7. The minimum atomic E-state index is -0.563. The van der Waals surface area contributed by atoms with Gasteiger partial charge in [0.2, 0.25) is 0 Å². The van der Waals surface area contributed by atoms with E-state index in [1.165, 1.54) is 30.4 Å². The number of carbonyl (C=O) groups is 1. The van der Waals surface area contributed by atoms with E-state index in [1.807, 2.05) is 12.1 Å². The lowest BCUT2D eigenvalue weighted by atomic mass is 10.0. The first kappa shape index (κ1) is 21.1. The van der Waals surface area contributed by atoms with Crippen molar-refractivity contribution in [3.8, 4) is 10.6 Å². The van der Waals surface area contributed by atoms with Gasteiger partial charge in [0, 0.05) is 6.20 Å². The van der Waals surface area contributed by atoms with Crippen LogP contribution in [0.2, 0.25) is 0 Å². The number of ether oxygens (including phenoxy) is 1. The van der Waals surface area contributed by atoms with Crippen molar-refractivity contribution in [1.29, 1.82) is 0 Å². The summed E-state index contributed by atoms with van der Waals surface area (Å²) in [4.78, 5) is 21.1. The highest BCUT2D eigenvalue weighted by Gasteiger charge is 2.15. The number of unbranched alkanes of at least 4 members (excludes halogenated alkanes) is 3. The van der Waals surface area contributed by atoms with Gasteiger partial charge in [-0.25, -0.2) is 14.8 Å². The second-order valence-corrected chi connectivity index (χ2v) is 7.98. The molecule has 6 heteroatoms. The van der Waals surface area contributed by atoms with Crippen LogP contribution in [0.4, 0.5) is 0 Å². The van der Waals surface area contributed by atoms with Crippen molar-refractivity contribution in [2.75, 3.05) is 7.11 Å². The quantitative estimate of drug-likeness (QED) is 0.366. The molecule has 0 aliphatic rings. The lowest BCUT2D eigenvalue weighted by Gasteiger charge is -2.07. The van der Waals surface area contributed by atoms with E-state index in [9.17, 15) is 9.90 Å². The van der Waals surface area contributed by atoms with Gasteiger partial charge in [-0.15, -0.1) is 11.3 Å². The zero-order valence-corrected chi connectivity index (χ0v) is 17.4. The Morgan fingerprint density at radius 3 is 2.66 bits per heavy atom. The van der Waals surface area contributed by atoms with Gasteiger partial charge in [-0.1, -0.05) is 55.7 Å². The predicted octanol–water partition coefficient (Wildman–Crippen LogP) is 5.22. The molecule has 0 aliphatic carbocycles. The van der Waals surface area contributed by atoms with E-state index >= 15 is 0 Å². The molecule has 0 bridgehead atoms. The first-order valence-electron chi connectivity index (χ1n) is 9.91. The predicted molar refractivity (Wildman–Crippen MR) is 115 cm³/mol. The molecule has 0 fully saturated rings. The van der Waals surface area contributed by atoms with Crippen LogP contribution in [-0.2, 0) is 11.2 Å². The van der Waals surface area contributed by atoms with Crippen LogP contribution in [0.1, 0.15) is 59.3 Å². The molecule has 0 spiro atoms. The third-order valence-corrected chi connectivity index (χ3v) is 5.86. The fraction of sp³-hybridized carbons (Fsp3) is 0.348. The van der Waals surface area contributed by atoms with Gasteiger partial charge >= 0.3 is 5.97 Å². The van der Waals surface area contributed by atoms with Crippen LogP contribution >= 0.6 is 11.3 Å². The van der Waals surface area contributed by atoms with Crippen LogP contribution in [0.15, 0.2) is 54.7 Å². The summed E-state index contributed by atoms with van der Waals surface area (Å²) in [7, 11) is 1.33. The first-order valence-corrected chi connectivity index (χ1v) is 10.7. The minimum Gasteiger partial charge on any atom is -0.464 e. The largest absolute Gasteiger partial charge is 0.464 e. The van der Waals surface area contributed by atoms with Crippen LogP contribution in [0.25, 0.3) is 10.6 Å². The van der Waals surface area contributed by atoms with Gasteiger partial charge in [-0.2, -0.15) is 0 Å². The molecule has 0 radical (unpaired) electrons. The number of carbonyl (C=O) groups excluding carboxylic acids is 1. The number of benzene rings is 1. The Balaban J connectivity index is 1.44. The number of hydrogen-bond acceptors (Lipinski definition) is 6. The van der Waals surface area contributed by atoms with Gasteiger partial charge in [0.15, 0.2) is 0 Å². The zero-order chi connectivity index (χ0) is 20.5. The fourth-order valence-corrected chi connectivity index (χ4v) is 4.05. The van der Waals surface area contributed by atoms with E-state index in [4.69, 9.17) is 4.74 Å². The molecular weight excluding hydrogens is 384 g/mol. The van der Waals surface area contributed by atoms with E-state index in [0.29, 0.717) is 17.1 Å². The molecule has 1 unspecified atom stereocenters. The lowest BCUT2D eigenvalue weighted by Crippen LogP contribution is -2.04. The highest BCUT2D eigenvalue weighted by molar-refractivity contribution is 7.15. The SMILES string of the molecule is COC(=O)c1cccc(-c2cnc(C(O)CCCCCCc3ccccc3)s2)n1. The van der Waals surface area contributed by atoms with Crippen LogP contribution < -0.4 is 0 Å². The molecule has 2 aromatic heterocycles. The molecule has 0 amide bonds. The highest BCUT2D eigenvalue weighted by atomic mass is 32.1. The number of rotatable bonds is 10. The number of methoxy groups -OCH3 is 1. The van der Waals surface area contributed by atoms with Crippen molar-refractivity contribution in [1.82, 2.24) is 9.97 Å². The van der Waals surface area contributed by atoms with Crippen molar-refractivity contribution >= 4 is 17.3 Å². The number of thiazole rings is 1. The van der Waals surface area contributed by atoms with Gasteiger partial charge in [-0.05, 0) is 37.0 Å². The molecule has 0 aliphatic heterocycles. The second kappa shape index (κ2) is 10.8. The lowest BCUT2D eigenvalue weighted by molar-refractivity contribution is 0.0594. The number of aliphatic hydroxyl groups excluding tert-OH is 1. The maximum Gasteiger partial charge on any atom is 0.356 e. The van der Waals surface area contributed by atoms with E-state index in [1.54, 1.807) is 18.3 Å². The third-order valence-electron chi connectivity index (χ3n) is 4.74. The number of pyridine rings is 1. The Labute approximate surface area is 175 Å². The van der Waals surface area contributed by atoms with E-state index in [0.717, 1.165) is 30.6 Å². The molecule has 5 nitrogen and oxygen atoms in total. The Hall–Kier alpha value is -2.57. The highest BCUT2D eigenvalue weighted by Crippen LogP contribution is 2.30. The summed E-state index contributed by atoms with van der Waals surface area (Å²) in [5.74, 6) is -0.469. The summed E-state index contributed by atoms with van der Waals surface area (Å²) in [5, 5.41) is 11.1. The molecule has 0 saturated heterocycles. The normalized spacial score (nSPS) is 11.9. The fourth-order valence-electron chi connectivity index (χ4n) is 3.14. The van der Waals surface area contributed by atoms with Gasteiger partial charge in [-0.3, -0.25) is 0 Å². The van der Waals surface area contributed by atoms with Gasteiger partial charge in [0.05, 0.1) is 17.7 Å². The molecular formula is C23H26N2O3S. The van der Waals surface area contributed by atoms with E-state index in [2.05, 4.69) is 34.2 Å².